The smallest absolute Gasteiger partial charge is 0.0569 e. The molecule has 2 atom stereocenters. The van der Waals surface area contributed by atoms with Crippen molar-refractivity contribution < 1.29 is 0 Å². The van der Waals surface area contributed by atoms with Gasteiger partial charge in [-0.3, -0.25) is 4.90 Å². The summed E-state index contributed by atoms with van der Waals surface area (Å²) in [7, 11) is 2.13. The van der Waals surface area contributed by atoms with Crippen LogP contribution in [0.5, 0.6) is 0 Å². The van der Waals surface area contributed by atoms with Crippen LogP contribution in [0, 0.1) is 6.92 Å². The van der Waals surface area contributed by atoms with E-state index in [-0.39, 0.29) is 12.1 Å². The van der Waals surface area contributed by atoms with Gasteiger partial charge in [-0.1, -0.05) is 23.7 Å². The molecule has 4 heteroatoms. The highest BCUT2D eigenvalue weighted by atomic mass is 35.5. The van der Waals surface area contributed by atoms with E-state index in [1.54, 1.807) is 11.3 Å². The van der Waals surface area contributed by atoms with Crippen LogP contribution in [0.4, 0.5) is 0 Å². The van der Waals surface area contributed by atoms with E-state index >= 15 is 0 Å². The van der Waals surface area contributed by atoms with Crippen molar-refractivity contribution in [2.24, 2.45) is 5.73 Å². The van der Waals surface area contributed by atoms with Gasteiger partial charge in [0.25, 0.3) is 0 Å². The maximum Gasteiger partial charge on any atom is 0.0569 e. The predicted octanol–water partition coefficient (Wildman–Crippen LogP) is 4.40. The van der Waals surface area contributed by atoms with Crippen LogP contribution in [0.1, 0.15) is 35.0 Å². The molecule has 0 aliphatic rings. The second kappa shape index (κ2) is 6.72. The molecule has 0 saturated carbocycles. The summed E-state index contributed by atoms with van der Waals surface area (Å²) < 4.78 is 0. The lowest BCUT2D eigenvalue weighted by atomic mass is 10.0. The van der Waals surface area contributed by atoms with Gasteiger partial charge in [-0.25, -0.2) is 0 Å². The Morgan fingerprint density at radius 2 is 2.10 bits per heavy atom. The topological polar surface area (TPSA) is 29.3 Å². The minimum Gasteiger partial charge on any atom is -0.329 e. The molecule has 0 radical (unpaired) electrons. The number of rotatable bonds is 5. The van der Waals surface area contributed by atoms with Gasteiger partial charge < -0.3 is 5.73 Å². The zero-order valence-corrected chi connectivity index (χ0v) is 13.7. The third kappa shape index (κ3) is 3.23. The summed E-state index contributed by atoms with van der Waals surface area (Å²) in [5, 5.41) is 2.91. The normalized spacial score (nSPS) is 14.5. The van der Waals surface area contributed by atoms with Crippen molar-refractivity contribution in [3.05, 3.63) is 56.7 Å². The van der Waals surface area contributed by atoms with Gasteiger partial charge >= 0.3 is 0 Å². The summed E-state index contributed by atoms with van der Waals surface area (Å²) in [6.45, 7) is 4.95. The van der Waals surface area contributed by atoms with Crippen LogP contribution in [0.25, 0.3) is 0 Å². The first-order chi connectivity index (χ1) is 9.54. The summed E-state index contributed by atoms with van der Waals surface area (Å²) in [4.78, 5) is 3.67. The quantitative estimate of drug-likeness (QED) is 0.887. The first-order valence-electron chi connectivity index (χ1n) is 6.76. The Balaban J connectivity index is 2.24. The minimum absolute atomic E-state index is 0.240. The highest BCUT2D eigenvalue weighted by Gasteiger charge is 2.23. The molecule has 0 spiro atoms. The molecule has 2 rings (SSSR count). The van der Waals surface area contributed by atoms with Crippen LogP contribution in [0.2, 0.25) is 5.02 Å². The maximum absolute atomic E-state index is 6.09. The van der Waals surface area contributed by atoms with Crippen LogP contribution in [-0.2, 0) is 0 Å². The van der Waals surface area contributed by atoms with Gasteiger partial charge in [0, 0.05) is 22.5 Å². The molecule has 2 N–H and O–H groups in total. The largest absolute Gasteiger partial charge is 0.329 e. The molecule has 2 unspecified atom stereocenters. The number of benzene rings is 1. The summed E-state index contributed by atoms with van der Waals surface area (Å²) in [5.41, 5.74) is 8.55. The van der Waals surface area contributed by atoms with E-state index in [4.69, 9.17) is 17.3 Å². The Morgan fingerprint density at radius 3 is 2.65 bits per heavy atom. The van der Waals surface area contributed by atoms with Crippen molar-refractivity contribution in [3.8, 4) is 0 Å². The SMILES string of the molecule is Cc1ccsc1C(CN)N(C)C(C)c1cccc(Cl)c1. The fourth-order valence-corrected chi connectivity index (χ4v) is 3.75. The van der Waals surface area contributed by atoms with Crippen LogP contribution in [-0.4, -0.2) is 18.5 Å². The van der Waals surface area contributed by atoms with E-state index in [0.717, 1.165) is 5.02 Å². The monoisotopic (exact) mass is 308 g/mol. The molecule has 0 aliphatic carbocycles. The third-order valence-electron chi connectivity index (χ3n) is 3.86. The Bertz CT molecular complexity index is 567. The lowest BCUT2D eigenvalue weighted by Crippen LogP contribution is -2.32. The van der Waals surface area contributed by atoms with E-state index in [0.29, 0.717) is 6.54 Å². The average molecular weight is 309 g/mol. The summed E-state index contributed by atoms with van der Waals surface area (Å²) in [6.07, 6.45) is 0. The molecule has 0 saturated heterocycles. The van der Waals surface area contributed by atoms with Crippen LogP contribution < -0.4 is 5.73 Å². The van der Waals surface area contributed by atoms with Gasteiger partial charge in [-0.2, -0.15) is 0 Å². The first-order valence-corrected chi connectivity index (χ1v) is 8.01. The van der Waals surface area contributed by atoms with Gasteiger partial charge in [0.05, 0.1) is 6.04 Å². The Kier molecular flexibility index (Phi) is 5.22. The van der Waals surface area contributed by atoms with Crippen LogP contribution in [0.15, 0.2) is 35.7 Å². The summed E-state index contributed by atoms with van der Waals surface area (Å²) >= 11 is 7.87. The minimum atomic E-state index is 0.240. The number of thiophene rings is 1. The first kappa shape index (κ1) is 15.5. The second-order valence-corrected chi connectivity index (χ2v) is 6.50. The van der Waals surface area contributed by atoms with Gasteiger partial charge in [0.1, 0.15) is 0 Å². The number of halogens is 1. The molecular weight excluding hydrogens is 288 g/mol. The highest BCUT2D eigenvalue weighted by molar-refractivity contribution is 7.10. The van der Waals surface area contributed by atoms with Crippen molar-refractivity contribution in [1.29, 1.82) is 0 Å². The van der Waals surface area contributed by atoms with Crippen LogP contribution in [0.3, 0.4) is 0 Å². The molecule has 0 fully saturated rings. The second-order valence-electron chi connectivity index (χ2n) is 5.12. The molecule has 1 aromatic heterocycles. The molecule has 2 aromatic rings. The number of nitrogens with zero attached hydrogens (tertiary/aromatic N) is 1. The van der Waals surface area contributed by atoms with Crippen LogP contribution >= 0.6 is 22.9 Å². The third-order valence-corrected chi connectivity index (χ3v) is 5.22. The molecule has 0 aliphatic heterocycles. The standard InChI is InChI=1S/C16H21ClN2S/c1-11-7-8-20-16(11)15(10-18)19(3)12(2)13-5-4-6-14(17)9-13/h4-9,12,15H,10,18H2,1-3H3. The molecular formula is C16H21ClN2S. The Hall–Kier alpha value is -0.870. The van der Waals surface area contributed by atoms with E-state index in [2.05, 4.69) is 43.3 Å². The van der Waals surface area contributed by atoms with Crippen molar-refractivity contribution in [3.63, 3.8) is 0 Å². The summed E-state index contributed by atoms with van der Waals surface area (Å²) in [5.74, 6) is 0. The average Bonchev–Trinajstić information content (AvgIpc) is 2.85. The molecule has 1 heterocycles. The maximum atomic E-state index is 6.09. The van der Waals surface area contributed by atoms with E-state index < -0.39 is 0 Å². The number of hydrogen-bond donors (Lipinski definition) is 1. The zero-order valence-electron chi connectivity index (χ0n) is 12.1. The van der Waals surface area contributed by atoms with Gasteiger partial charge in [-0.05, 0) is 55.6 Å². The van der Waals surface area contributed by atoms with Crippen molar-refractivity contribution in [2.45, 2.75) is 25.9 Å². The molecule has 0 amide bonds. The molecule has 2 nitrogen and oxygen atoms in total. The fourth-order valence-electron chi connectivity index (χ4n) is 2.46. The lowest BCUT2D eigenvalue weighted by Gasteiger charge is -2.32. The predicted molar refractivity (Wildman–Crippen MR) is 88.5 cm³/mol. The molecule has 0 bridgehead atoms. The van der Waals surface area contributed by atoms with E-state index in [1.807, 2.05) is 18.2 Å². The highest BCUT2D eigenvalue weighted by Crippen LogP contribution is 2.33. The number of nitrogens with two attached hydrogens (primary N) is 1. The van der Waals surface area contributed by atoms with Gasteiger partial charge in [0.2, 0.25) is 0 Å². The fraction of sp³-hybridized carbons (Fsp3) is 0.375. The number of likely N-dealkylation sites (N-methyl/N-ethyl adjacent to an activating group) is 1. The van der Waals surface area contributed by atoms with Crippen molar-refractivity contribution in [2.75, 3.05) is 13.6 Å². The van der Waals surface area contributed by atoms with Crippen molar-refractivity contribution in [1.82, 2.24) is 4.90 Å². The Morgan fingerprint density at radius 1 is 1.35 bits per heavy atom. The Labute approximate surface area is 130 Å². The molecule has 1 aromatic carbocycles. The van der Waals surface area contributed by atoms with Gasteiger partial charge in [-0.15, -0.1) is 11.3 Å². The number of aryl methyl sites for hydroxylation is 1. The number of hydrogen-bond acceptors (Lipinski definition) is 3. The molecule has 20 heavy (non-hydrogen) atoms. The molecule has 108 valence electrons. The van der Waals surface area contributed by atoms with Crippen molar-refractivity contribution >= 4 is 22.9 Å². The van der Waals surface area contributed by atoms with Gasteiger partial charge in [0.15, 0.2) is 0 Å². The summed E-state index contributed by atoms with van der Waals surface area (Å²) in [6, 6.07) is 10.7. The van der Waals surface area contributed by atoms with E-state index in [9.17, 15) is 0 Å². The zero-order chi connectivity index (χ0) is 14.7. The lowest BCUT2D eigenvalue weighted by molar-refractivity contribution is 0.192. The van der Waals surface area contributed by atoms with E-state index in [1.165, 1.54) is 16.0 Å².